The molecule has 130 valence electrons. The van der Waals surface area contributed by atoms with Crippen LogP contribution in [-0.2, 0) is 0 Å². The summed E-state index contributed by atoms with van der Waals surface area (Å²) in [5, 5.41) is 3.35. The van der Waals surface area contributed by atoms with Gasteiger partial charge < -0.3 is 16.0 Å². The molecule has 0 spiro atoms. The quantitative estimate of drug-likeness (QED) is 0.838. The van der Waals surface area contributed by atoms with Gasteiger partial charge in [0.25, 0.3) is 0 Å². The first kappa shape index (κ1) is 16.1. The zero-order chi connectivity index (χ0) is 17.1. The minimum Gasteiger partial charge on any atom is -0.383 e. The number of ketones is 1. The van der Waals surface area contributed by atoms with E-state index >= 15 is 0 Å². The fourth-order valence-corrected chi connectivity index (χ4v) is 2.81. The Morgan fingerprint density at radius 1 is 1.54 bits per heavy atom. The van der Waals surface area contributed by atoms with Gasteiger partial charge in [0.15, 0.2) is 0 Å². The number of hydrogen-bond donors (Lipinski definition) is 2. The topological polar surface area (TPSA) is 84.1 Å². The number of nitrogens with one attached hydrogen (secondary N) is 1. The second-order valence-corrected chi connectivity index (χ2v) is 5.86. The van der Waals surface area contributed by atoms with Crippen molar-refractivity contribution in [2.45, 2.75) is 13.0 Å². The van der Waals surface area contributed by atoms with Crippen molar-refractivity contribution in [3.05, 3.63) is 53.9 Å². The maximum absolute atomic E-state index is 12.8. The van der Waals surface area contributed by atoms with Gasteiger partial charge in [0.05, 0.1) is 5.56 Å². The highest BCUT2D eigenvalue weighted by atomic mass is 16.1. The third-order valence-electron chi connectivity index (χ3n) is 4.18. The third kappa shape index (κ3) is 3.14. The molecule has 1 fully saturated rings. The molecule has 3 N–H and O–H groups in total. The number of hydrogen-bond acceptors (Lipinski definition) is 6. The van der Waals surface area contributed by atoms with E-state index in [0.29, 0.717) is 17.3 Å². The van der Waals surface area contributed by atoms with Gasteiger partial charge in [0, 0.05) is 36.2 Å². The molecule has 2 aromatic heterocycles. The van der Waals surface area contributed by atoms with Crippen LogP contribution < -0.4 is 16.0 Å². The Bertz CT molecular complexity index is 787. The van der Waals surface area contributed by atoms with Crippen molar-refractivity contribution < 1.29 is 9.07 Å². The number of pyridine rings is 2. The number of nitrogens with zero attached hydrogens (tertiary/aromatic N) is 3. The number of nitrogens with two attached hydrogens (primary N) is 1. The Morgan fingerprint density at radius 2 is 2.38 bits per heavy atom. The zero-order valence-corrected chi connectivity index (χ0v) is 13.7. The minimum atomic E-state index is -0.228. The van der Waals surface area contributed by atoms with Crippen LogP contribution in [0.1, 0.15) is 32.8 Å². The first-order chi connectivity index (χ1) is 11.6. The first-order valence-corrected chi connectivity index (χ1v) is 7.97. The third-order valence-corrected chi connectivity index (χ3v) is 4.18. The van der Waals surface area contributed by atoms with Gasteiger partial charge in [-0.1, -0.05) is 18.7 Å². The summed E-state index contributed by atoms with van der Waals surface area (Å²) >= 11 is 0. The molecule has 0 unspecified atom stereocenters. The molecule has 0 bridgehead atoms. The first-order valence-electron chi connectivity index (χ1n) is 7.97. The van der Waals surface area contributed by atoms with Crippen LogP contribution in [0.2, 0.25) is 0 Å². The number of anilines is 2. The number of carbonyl (C=O) groups is 1. The molecular formula is C18H27N5O. The molecule has 24 heavy (non-hydrogen) atoms. The molecule has 3 heterocycles. The predicted octanol–water partition coefficient (Wildman–Crippen LogP) is 2.47. The molecule has 0 aromatic carbocycles. The Balaban J connectivity index is 0.00000225. The SMILES string of the molecule is C=Cc1cnc(N)c(C(=O)c2cccc(N3CCNC[C@H]3C)n2)c1.[HH].[HH].[HH]. The van der Waals surface area contributed by atoms with Crippen LogP contribution in [0.25, 0.3) is 6.08 Å². The van der Waals surface area contributed by atoms with Crippen molar-refractivity contribution in [2.24, 2.45) is 0 Å². The molecule has 1 aliphatic rings. The molecule has 2 aromatic rings. The van der Waals surface area contributed by atoms with Crippen LogP contribution in [0.4, 0.5) is 11.6 Å². The lowest BCUT2D eigenvalue weighted by molar-refractivity contribution is 0.103. The van der Waals surface area contributed by atoms with E-state index in [1.54, 1.807) is 24.4 Å². The van der Waals surface area contributed by atoms with Crippen molar-refractivity contribution in [2.75, 3.05) is 30.3 Å². The molecule has 0 aliphatic carbocycles. The lowest BCUT2D eigenvalue weighted by Crippen LogP contribution is -2.50. The van der Waals surface area contributed by atoms with E-state index in [9.17, 15) is 4.79 Å². The highest BCUT2D eigenvalue weighted by Crippen LogP contribution is 2.20. The van der Waals surface area contributed by atoms with Crippen LogP contribution in [0, 0.1) is 0 Å². The summed E-state index contributed by atoms with van der Waals surface area (Å²) in [5.41, 5.74) is 7.34. The largest absolute Gasteiger partial charge is 0.383 e. The van der Waals surface area contributed by atoms with Gasteiger partial charge in [-0.3, -0.25) is 4.79 Å². The molecule has 6 nitrogen and oxygen atoms in total. The van der Waals surface area contributed by atoms with E-state index in [1.807, 2.05) is 12.1 Å². The summed E-state index contributed by atoms with van der Waals surface area (Å²) in [6.45, 7) is 8.50. The van der Waals surface area contributed by atoms with Crippen molar-refractivity contribution >= 4 is 23.5 Å². The Labute approximate surface area is 145 Å². The summed E-state index contributed by atoms with van der Waals surface area (Å²) < 4.78 is 0. The fraction of sp³-hybridized carbons (Fsp3) is 0.278. The van der Waals surface area contributed by atoms with Crippen molar-refractivity contribution in [3.63, 3.8) is 0 Å². The highest BCUT2D eigenvalue weighted by molar-refractivity contribution is 6.10. The number of piperazine rings is 1. The number of nitrogen functional groups attached to an aromatic ring is 1. The van der Waals surface area contributed by atoms with Gasteiger partial charge in [0.2, 0.25) is 5.78 Å². The minimum absolute atomic E-state index is 0. The molecule has 0 radical (unpaired) electrons. The standard InChI is InChI=1S/C18H21N5O.3H2/c1-3-13-9-14(18(19)21-11-13)17(24)15-5-4-6-16(22-15)23-8-7-20-10-12(23)2;;;/h3-6,9,11-12,20H,1,7-8,10H2,2H3,(H2,19,21);3*1H/t12-;;;/m1.../s1. The lowest BCUT2D eigenvalue weighted by atomic mass is 10.1. The molecule has 0 saturated carbocycles. The molecule has 1 saturated heterocycles. The van der Waals surface area contributed by atoms with E-state index in [-0.39, 0.29) is 15.9 Å². The van der Waals surface area contributed by atoms with Crippen LogP contribution in [-0.4, -0.2) is 41.4 Å². The highest BCUT2D eigenvalue weighted by Gasteiger charge is 2.21. The summed E-state index contributed by atoms with van der Waals surface area (Å²) in [7, 11) is 0. The van der Waals surface area contributed by atoms with Crippen LogP contribution in [0.3, 0.4) is 0 Å². The second-order valence-electron chi connectivity index (χ2n) is 5.86. The smallest absolute Gasteiger partial charge is 0.215 e. The van der Waals surface area contributed by atoms with E-state index in [2.05, 4.69) is 33.7 Å². The summed E-state index contributed by atoms with van der Waals surface area (Å²) in [5.74, 6) is 0.780. The monoisotopic (exact) mass is 329 g/mol. The van der Waals surface area contributed by atoms with Crippen LogP contribution in [0.15, 0.2) is 37.0 Å². The number of rotatable bonds is 4. The Morgan fingerprint density at radius 3 is 3.12 bits per heavy atom. The average molecular weight is 329 g/mol. The number of aromatic nitrogens is 2. The maximum Gasteiger partial charge on any atom is 0.215 e. The summed E-state index contributed by atoms with van der Waals surface area (Å²) in [6, 6.07) is 7.51. The Kier molecular flexibility index (Phi) is 4.57. The molecule has 6 heteroatoms. The zero-order valence-electron chi connectivity index (χ0n) is 13.7. The van der Waals surface area contributed by atoms with Crippen molar-refractivity contribution in [1.82, 2.24) is 15.3 Å². The van der Waals surface area contributed by atoms with Gasteiger partial charge in [-0.05, 0) is 30.7 Å². The van der Waals surface area contributed by atoms with Crippen LogP contribution in [0.5, 0.6) is 0 Å². The van der Waals surface area contributed by atoms with Crippen LogP contribution >= 0.6 is 0 Å². The normalized spacial score (nSPS) is 17.5. The predicted molar refractivity (Wildman–Crippen MR) is 102 cm³/mol. The molecule has 1 aliphatic heterocycles. The molecule has 0 amide bonds. The fourth-order valence-electron chi connectivity index (χ4n) is 2.81. The molecule has 1 atom stereocenters. The van der Waals surface area contributed by atoms with E-state index < -0.39 is 0 Å². The van der Waals surface area contributed by atoms with E-state index in [4.69, 9.17) is 5.73 Å². The summed E-state index contributed by atoms with van der Waals surface area (Å²) in [6.07, 6.45) is 3.22. The van der Waals surface area contributed by atoms with Gasteiger partial charge in [0.1, 0.15) is 17.3 Å². The van der Waals surface area contributed by atoms with E-state index in [1.165, 1.54) is 0 Å². The van der Waals surface area contributed by atoms with Crippen molar-refractivity contribution in [1.29, 1.82) is 0 Å². The van der Waals surface area contributed by atoms with Gasteiger partial charge in [-0.25, -0.2) is 9.97 Å². The lowest BCUT2D eigenvalue weighted by Gasteiger charge is -2.35. The summed E-state index contributed by atoms with van der Waals surface area (Å²) in [4.78, 5) is 23.6. The number of carbonyl (C=O) groups excluding carboxylic acids is 1. The van der Waals surface area contributed by atoms with Gasteiger partial charge >= 0.3 is 0 Å². The Hall–Kier alpha value is -2.73. The molecular weight excluding hydrogens is 302 g/mol. The maximum atomic E-state index is 12.8. The van der Waals surface area contributed by atoms with Crippen molar-refractivity contribution in [3.8, 4) is 0 Å². The average Bonchev–Trinajstić information content (AvgIpc) is 2.62. The van der Waals surface area contributed by atoms with Gasteiger partial charge in [-0.2, -0.15) is 0 Å². The second kappa shape index (κ2) is 6.80. The van der Waals surface area contributed by atoms with Gasteiger partial charge in [-0.15, -0.1) is 0 Å². The molecule has 3 rings (SSSR count). The van der Waals surface area contributed by atoms with E-state index in [0.717, 1.165) is 31.0 Å².